The van der Waals surface area contributed by atoms with Crippen molar-refractivity contribution in [1.82, 2.24) is 15.5 Å². The third-order valence-electron chi connectivity index (χ3n) is 5.29. The minimum Gasteiger partial charge on any atom is -0.490 e. The minimum atomic E-state index is -0.286. The van der Waals surface area contributed by atoms with Crippen LogP contribution in [0.15, 0.2) is 23.2 Å². The Morgan fingerprint density at radius 2 is 1.82 bits per heavy atom. The molecule has 0 aliphatic carbocycles. The molecule has 9 heteroatoms. The Morgan fingerprint density at radius 3 is 2.52 bits per heavy atom. The van der Waals surface area contributed by atoms with Gasteiger partial charge in [-0.3, -0.25) is 4.79 Å². The lowest BCUT2D eigenvalue weighted by Crippen LogP contribution is -2.43. The first-order valence-electron chi connectivity index (χ1n) is 11.8. The Kier molecular flexibility index (Phi) is 11.0. The van der Waals surface area contributed by atoms with Crippen molar-refractivity contribution in [3.05, 3.63) is 18.2 Å². The van der Waals surface area contributed by atoms with E-state index < -0.39 is 0 Å². The van der Waals surface area contributed by atoms with Gasteiger partial charge in [-0.05, 0) is 64.8 Å². The molecule has 0 bridgehead atoms. The number of hydrogen-bond acceptors (Lipinski definition) is 5. The van der Waals surface area contributed by atoms with E-state index in [1.165, 1.54) is 25.9 Å². The van der Waals surface area contributed by atoms with Gasteiger partial charge in [0, 0.05) is 36.8 Å². The first kappa shape index (κ1) is 27.5. The average molecular weight is 574 g/mol. The number of amides is 1. The molecule has 1 atom stereocenters. The molecule has 8 nitrogen and oxygen atoms in total. The van der Waals surface area contributed by atoms with Gasteiger partial charge in [0.25, 0.3) is 0 Å². The van der Waals surface area contributed by atoms with Crippen molar-refractivity contribution in [1.29, 1.82) is 0 Å². The molecular weight excluding hydrogens is 533 g/mol. The number of nitrogens with one attached hydrogen (secondary N) is 3. The minimum absolute atomic E-state index is 0. The molecule has 1 fully saturated rings. The van der Waals surface area contributed by atoms with Crippen LogP contribution in [-0.4, -0.2) is 68.2 Å². The van der Waals surface area contributed by atoms with E-state index in [9.17, 15) is 4.79 Å². The summed E-state index contributed by atoms with van der Waals surface area (Å²) in [5.41, 5.74) is 0.551. The number of rotatable bonds is 7. The standard InChI is InChI=1S/C24H39N5O3.HI/c1-18(17-29-10-5-6-11-29)15-25-23(26-16-22(30)28-24(2,3)4)27-19-8-9-20-21(14-19)32-13-7-12-31-20;/h8-9,14,18H,5-7,10-13,15-17H2,1-4H3,(H,28,30)(H2,25,26,27);1H. The molecule has 2 aliphatic heterocycles. The van der Waals surface area contributed by atoms with Crippen LogP contribution in [0.4, 0.5) is 5.69 Å². The van der Waals surface area contributed by atoms with Crippen LogP contribution in [0.2, 0.25) is 0 Å². The van der Waals surface area contributed by atoms with Crippen molar-refractivity contribution < 1.29 is 14.3 Å². The third-order valence-corrected chi connectivity index (χ3v) is 5.29. The van der Waals surface area contributed by atoms with Gasteiger partial charge in [0.15, 0.2) is 17.5 Å². The van der Waals surface area contributed by atoms with E-state index in [-0.39, 0.29) is 42.0 Å². The van der Waals surface area contributed by atoms with Gasteiger partial charge in [0.1, 0.15) is 6.54 Å². The van der Waals surface area contributed by atoms with Gasteiger partial charge < -0.3 is 30.3 Å². The molecule has 2 aliphatic rings. The fourth-order valence-corrected chi connectivity index (χ4v) is 3.87. The van der Waals surface area contributed by atoms with E-state index >= 15 is 0 Å². The van der Waals surface area contributed by atoms with Crippen molar-refractivity contribution in [3.8, 4) is 11.5 Å². The zero-order valence-corrected chi connectivity index (χ0v) is 22.7. The topological polar surface area (TPSA) is 87.2 Å². The van der Waals surface area contributed by atoms with Gasteiger partial charge in [-0.1, -0.05) is 6.92 Å². The molecule has 3 rings (SSSR count). The molecule has 1 saturated heterocycles. The van der Waals surface area contributed by atoms with E-state index in [1.807, 2.05) is 39.0 Å². The second-order valence-electron chi connectivity index (χ2n) is 9.79. The summed E-state index contributed by atoms with van der Waals surface area (Å²) in [5, 5.41) is 9.69. The highest BCUT2D eigenvalue weighted by atomic mass is 127. The molecular formula is C24H40IN5O3. The third kappa shape index (κ3) is 9.95. The van der Waals surface area contributed by atoms with Crippen LogP contribution in [-0.2, 0) is 4.79 Å². The fourth-order valence-electron chi connectivity index (χ4n) is 3.87. The van der Waals surface area contributed by atoms with Gasteiger partial charge in [-0.2, -0.15) is 0 Å². The number of benzene rings is 1. The average Bonchev–Trinajstić information content (AvgIpc) is 3.11. The summed E-state index contributed by atoms with van der Waals surface area (Å²) in [6.07, 6.45) is 3.45. The highest BCUT2D eigenvalue weighted by Gasteiger charge is 2.17. The normalized spacial score (nSPS) is 17.5. The number of ether oxygens (including phenoxy) is 2. The van der Waals surface area contributed by atoms with E-state index in [4.69, 9.17) is 9.47 Å². The number of halogens is 1. The lowest BCUT2D eigenvalue weighted by molar-refractivity contribution is -0.121. The first-order valence-corrected chi connectivity index (χ1v) is 11.8. The maximum atomic E-state index is 12.3. The Bertz CT molecular complexity index is 791. The van der Waals surface area contributed by atoms with Crippen LogP contribution in [0.3, 0.4) is 0 Å². The molecule has 1 aromatic rings. The summed E-state index contributed by atoms with van der Waals surface area (Å²) >= 11 is 0. The summed E-state index contributed by atoms with van der Waals surface area (Å²) in [7, 11) is 0. The molecule has 0 aromatic heterocycles. The van der Waals surface area contributed by atoms with E-state index in [0.29, 0.717) is 25.1 Å². The number of anilines is 1. The highest BCUT2D eigenvalue weighted by Crippen LogP contribution is 2.32. The Hall–Kier alpha value is -1.75. The van der Waals surface area contributed by atoms with Crippen LogP contribution in [0.5, 0.6) is 11.5 Å². The summed E-state index contributed by atoms with van der Waals surface area (Å²) in [5.74, 6) is 2.41. The summed E-state index contributed by atoms with van der Waals surface area (Å²) in [4.78, 5) is 19.3. The maximum Gasteiger partial charge on any atom is 0.242 e. The second kappa shape index (κ2) is 13.2. The lowest BCUT2D eigenvalue weighted by atomic mass is 10.1. The molecule has 0 radical (unpaired) electrons. The van der Waals surface area contributed by atoms with Crippen LogP contribution in [0.25, 0.3) is 0 Å². The number of fused-ring (bicyclic) bond motifs is 1. The first-order chi connectivity index (χ1) is 15.3. The monoisotopic (exact) mass is 573 g/mol. The number of nitrogens with zero attached hydrogens (tertiary/aromatic N) is 2. The predicted octanol–water partition coefficient (Wildman–Crippen LogP) is 3.47. The predicted molar refractivity (Wildman–Crippen MR) is 144 cm³/mol. The van der Waals surface area contributed by atoms with E-state index in [0.717, 1.165) is 36.7 Å². The number of hydrogen-bond donors (Lipinski definition) is 3. The molecule has 2 heterocycles. The number of guanidine groups is 1. The van der Waals surface area contributed by atoms with E-state index in [2.05, 4.69) is 32.8 Å². The van der Waals surface area contributed by atoms with Crippen LogP contribution in [0.1, 0.15) is 47.0 Å². The van der Waals surface area contributed by atoms with Crippen LogP contribution >= 0.6 is 24.0 Å². The van der Waals surface area contributed by atoms with Gasteiger partial charge >= 0.3 is 0 Å². The second-order valence-corrected chi connectivity index (χ2v) is 9.79. The van der Waals surface area contributed by atoms with Crippen molar-refractivity contribution in [3.63, 3.8) is 0 Å². The van der Waals surface area contributed by atoms with Gasteiger partial charge in [-0.25, -0.2) is 4.99 Å². The SMILES string of the molecule is CC(CNC(=NCC(=O)NC(C)(C)C)Nc1ccc2c(c1)OCCCO2)CN1CCCC1.I. The summed E-state index contributed by atoms with van der Waals surface area (Å²) in [6, 6.07) is 5.76. The van der Waals surface area contributed by atoms with Crippen molar-refractivity contribution >= 4 is 41.5 Å². The molecule has 33 heavy (non-hydrogen) atoms. The zero-order chi connectivity index (χ0) is 23.0. The van der Waals surface area contributed by atoms with Crippen LogP contribution < -0.4 is 25.4 Å². The van der Waals surface area contributed by atoms with Crippen LogP contribution in [0, 0.1) is 5.92 Å². The Labute approximate surface area is 215 Å². The molecule has 1 aromatic carbocycles. The number of carbonyl (C=O) groups excluding carboxylic acids is 1. The number of aliphatic imine (C=N–C) groups is 1. The van der Waals surface area contributed by atoms with Crippen molar-refractivity contribution in [2.45, 2.75) is 52.5 Å². The van der Waals surface area contributed by atoms with E-state index in [1.54, 1.807) is 0 Å². The molecule has 1 unspecified atom stereocenters. The zero-order valence-electron chi connectivity index (χ0n) is 20.4. The van der Waals surface area contributed by atoms with Gasteiger partial charge in [0.2, 0.25) is 5.91 Å². The lowest BCUT2D eigenvalue weighted by Gasteiger charge is -2.22. The molecule has 1 amide bonds. The maximum absolute atomic E-state index is 12.3. The van der Waals surface area contributed by atoms with Gasteiger partial charge in [0.05, 0.1) is 13.2 Å². The number of likely N-dealkylation sites (tertiary alicyclic amines) is 1. The summed E-state index contributed by atoms with van der Waals surface area (Å²) < 4.78 is 11.5. The molecule has 0 saturated carbocycles. The van der Waals surface area contributed by atoms with Crippen molar-refractivity contribution in [2.24, 2.45) is 10.9 Å². The highest BCUT2D eigenvalue weighted by molar-refractivity contribution is 14.0. The molecule has 186 valence electrons. The molecule has 0 spiro atoms. The summed E-state index contributed by atoms with van der Waals surface area (Å²) in [6.45, 7) is 13.7. The fraction of sp³-hybridized carbons (Fsp3) is 0.667. The Balaban J connectivity index is 0.00000385. The Morgan fingerprint density at radius 1 is 1.12 bits per heavy atom. The number of carbonyl (C=O) groups is 1. The quantitative estimate of drug-likeness (QED) is 0.263. The smallest absolute Gasteiger partial charge is 0.242 e. The van der Waals surface area contributed by atoms with Crippen molar-refractivity contribution in [2.75, 3.05) is 51.3 Å². The largest absolute Gasteiger partial charge is 0.490 e. The van der Waals surface area contributed by atoms with Gasteiger partial charge in [-0.15, -0.1) is 24.0 Å². The molecule has 3 N–H and O–H groups in total.